The summed E-state index contributed by atoms with van der Waals surface area (Å²) in [6.07, 6.45) is 3.50. The Morgan fingerprint density at radius 2 is 1.89 bits per heavy atom. The van der Waals surface area contributed by atoms with Crippen molar-refractivity contribution in [1.82, 2.24) is 9.97 Å². The Kier molecular flexibility index (Phi) is 6.51. The van der Waals surface area contributed by atoms with Crippen LogP contribution in [0, 0.1) is 10.1 Å². The van der Waals surface area contributed by atoms with Gasteiger partial charge in [0, 0.05) is 19.7 Å². The summed E-state index contributed by atoms with van der Waals surface area (Å²) in [6.45, 7) is 3.21. The van der Waals surface area contributed by atoms with Crippen molar-refractivity contribution >= 4 is 17.3 Å². The molecule has 1 aromatic heterocycles. The molecule has 1 heterocycles. The van der Waals surface area contributed by atoms with Crippen molar-refractivity contribution in [3.05, 3.63) is 16.4 Å². The topological polar surface area (TPSA) is 113 Å². The number of hydrogen-bond acceptors (Lipinski definition) is 7. The molecule has 106 valence electrons. The first-order valence-corrected chi connectivity index (χ1v) is 6.28. The van der Waals surface area contributed by atoms with Crippen molar-refractivity contribution in [2.45, 2.75) is 26.2 Å². The van der Waals surface area contributed by atoms with Crippen LogP contribution in [0.15, 0.2) is 6.33 Å². The molecule has 0 unspecified atom stereocenters. The van der Waals surface area contributed by atoms with E-state index in [9.17, 15) is 10.1 Å². The third-order valence-electron chi connectivity index (χ3n) is 2.42. The van der Waals surface area contributed by atoms with Gasteiger partial charge in [-0.3, -0.25) is 10.1 Å². The van der Waals surface area contributed by atoms with E-state index in [1.54, 1.807) is 0 Å². The molecule has 0 fully saturated rings. The van der Waals surface area contributed by atoms with Crippen LogP contribution in [-0.4, -0.2) is 39.7 Å². The number of nitrogens with one attached hydrogen (secondary N) is 2. The number of anilines is 2. The second kappa shape index (κ2) is 8.20. The maximum absolute atomic E-state index is 11.1. The SMILES string of the molecule is CCCNc1ncnc(NCCCCO)c1[N+](=O)[O-]. The van der Waals surface area contributed by atoms with Gasteiger partial charge in [0.2, 0.25) is 11.6 Å². The van der Waals surface area contributed by atoms with Crippen LogP contribution in [0.2, 0.25) is 0 Å². The molecular weight excluding hydrogens is 250 g/mol. The minimum atomic E-state index is -0.494. The molecule has 0 aliphatic carbocycles. The highest BCUT2D eigenvalue weighted by atomic mass is 16.6. The van der Waals surface area contributed by atoms with E-state index in [0.29, 0.717) is 19.5 Å². The van der Waals surface area contributed by atoms with E-state index in [1.807, 2.05) is 6.92 Å². The first kappa shape index (κ1) is 15.1. The van der Waals surface area contributed by atoms with Gasteiger partial charge in [-0.2, -0.15) is 0 Å². The van der Waals surface area contributed by atoms with Crippen LogP contribution in [0.5, 0.6) is 0 Å². The largest absolute Gasteiger partial charge is 0.396 e. The summed E-state index contributed by atoms with van der Waals surface area (Å²) in [7, 11) is 0. The molecule has 0 atom stereocenters. The fourth-order valence-corrected chi connectivity index (χ4v) is 1.50. The number of nitrogens with zero attached hydrogens (tertiary/aromatic N) is 3. The van der Waals surface area contributed by atoms with Crippen LogP contribution in [0.3, 0.4) is 0 Å². The Morgan fingerprint density at radius 1 is 1.26 bits per heavy atom. The van der Waals surface area contributed by atoms with E-state index in [1.165, 1.54) is 6.33 Å². The van der Waals surface area contributed by atoms with E-state index < -0.39 is 4.92 Å². The second-order valence-corrected chi connectivity index (χ2v) is 3.96. The van der Waals surface area contributed by atoms with Gasteiger partial charge in [0.05, 0.1) is 4.92 Å². The summed E-state index contributed by atoms with van der Waals surface area (Å²) in [6, 6.07) is 0. The van der Waals surface area contributed by atoms with E-state index in [-0.39, 0.29) is 23.9 Å². The number of aliphatic hydroxyl groups excluding tert-OH is 1. The van der Waals surface area contributed by atoms with E-state index in [4.69, 9.17) is 5.11 Å². The highest BCUT2D eigenvalue weighted by molar-refractivity contribution is 5.69. The summed E-state index contributed by atoms with van der Waals surface area (Å²) < 4.78 is 0. The lowest BCUT2D eigenvalue weighted by Gasteiger charge is -2.09. The molecule has 3 N–H and O–H groups in total. The van der Waals surface area contributed by atoms with Gasteiger partial charge in [-0.25, -0.2) is 9.97 Å². The Bertz CT molecular complexity index is 413. The van der Waals surface area contributed by atoms with Crippen molar-refractivity contribution in [2.24, 2.45) is 0 Å². The van der Waals surface area contributed by atoms with Crippen LogP contribution in [-0.2, 0) is 0 Å². The third kappa shape index (κ3) is 4.66. The molecule has 8 nitrogen and oxygen atoms in total. The normalized spacial score (nSPS) is 10.2. The summed E-state index contributed by atoms with van der Waals surface area (Å²) in [5.41, 5.74) is -0.139. The maximum Gasteiger partial charge on any atom is 0.353 e. The molecule has 0 aliphatic heterocycles. The minimum absolute atomic E-state index is 0.108. The number of hydrogen-bond donors (Lipinski definition) is 3. The van der Waals surface area contributed by atoms with Crippen LogP contribution < -0.4 is 10.6 Å². The van der Waals surface area contributed by atoms with E-state index >= 15 is 0 Å². The van der Waals surface area contributed by atoms with Crippen LogP contribution in [0.1, 0.15) is 26.2 Å². The highest BCUT2D eigenvalue weighted by Crippen LogP contribution is 2.28. The fourth-order valence-electron chi connectivity index (χ4n) is 1.50. The monoisotopic (exact) mass is 269 g/mol. The number of unbranched alkanes of at least 4 members (excludes halogenated alkanes) is 1. The number of nitro groups is 1. The van der Waals surface area contributed by atoms with Crippen molar-refractivity contribution in [3.8, 4) is 0 Å². The van der Waals surface area contributed by atoms with Gasteiger partial charge in [-0.1, -0.05) is 6.92 Å². The molecule has 1 rings (SSSR count). The molecule has 0 radical (unpaired) electrons. The van der Waals surface area contributed by atoms with E-state index in [2.05, 4.69) is 20.6 Å². The van der Waals surface area contributed by atoms with Gasteiger partial charge in [-0.15, -0.1) is 0 Å². The lowest BCUT2D eigenvalue weighted by molar-refractivity contribution is -0.383. The standard InChI is InChI=1S/C11H19N5O3/c1-2-5-12-10-9(16(18)19)11(15-8-14-10)13-6-3-4-7-17/h8,17H,2-7H2,1H3,(H2,12,13,14,15). The van der Waals surface area contributed by atoms with Crippen LogP contribution >= 0.6 is 0 Å². The predicted molar refractivity (Wildman–Crippen MR) is 72.3 cm³/mol. The maximum atomic E-state index is 11.1. The molecule has 0 saturated heterocycles. The second-order valence-electron chi connectivity index (χ2n) is 3.96. The van der Waals surface area contributed by atoms with Gasteiger partial charge in [-0.05, 0) is 19.3 Å². The fraction of sp³-hybridized carbons (Fsp3) is 0.636. The molecule has 0 aliphatic rings. The van der Waals surface area contributed by atoms with Gasteiger partial charge in [0.15, 0.2) is 0 Å². The molecule has 0 bridgehead atoms. The molecule has 0 amide bonds. The Labute approximate surface area is 111 Å². The smallest absolute Gasteiger partial charge is 0.353 e. The van der Waals surface area contributed by atoms with Gasteiger partial charge >= 0.3 is 5.69 Å². The average molecular weight is 269 g/mol. The average Bonchev–Trinajstić information content (AvgIpc) is 2.41. The first-order chi connectivity index (χ1) is 9.20. The van der Waals surface area contributed by atoms with Crippen molar-refractivity contribution in [3.63, 3.8) is 0 Å². The zero-order valence-electron chi connectivity index (χ0n) is 10.9. The molecule has 0 aromatic carbocycles. The summed E-state index contributed by atoms with van der Waals surface area (Å²) in [4.78, 5) is 18.4. The summed E-state index contributed by atoms with van der Waals surface area (Å²) in [5, 5.41) is 25.6. The molecule has 8 heteroatoms. The minimum Gasteiger partial charge on any atom is -0.396 e. The molecule has 1 aromatic rings. The summed E-state index contributed by atoms with van der Waals surface area (Å²) >= 11 is 0. The highest BCUT2D eigenvalue weighted by Gasteiger charge is 2.22. The first-order valence-electron chi connectivity index (χ1n) is 6.28. The molecule has 0 spiro atoms. The van der Waals surface area contributed by atoms with Crippen LogP contribution in [0.25, 0.3) is 0 Å². The predicted octanol–water partition coefficient (Wildman–Crippen LogP) is 1.39. The Morgan fingerprint density at radius 3 is 2.42 bits per heavy atom. The van der Waals surface area contributed by atoms with Gasteiger partial charge < -0.3 is 15.7 Å². The van der Waals surface area contributed by atoms with Crippen molar-refractivity contribution in [2.75, 3.05) is 30.3 Å². The number of aromatic nitrogens is 2. The molecule has 0 saturated carbocycles. The zero-order chi connectivity index (χ0) is 14.1. The quantitative estimate of drug-likeness (QED) is 0.352. The van der Waals surface area contributed by atoms with Crippen molar-refractivity contribution in [1.29, 1.82) is 0 Å². The molecule has 19 heavy (non-hydrogen) atoms. The van der Waals surface area contributed by atoms with Crippen molar-refractivity contribution < 1.29 is 10.0 Å². The molecular formula is C11H19N5O3. The third-order valence-corrected chi connectivity index (χ3v) is 2.42. The van der Waals surface area contributed by atoms with Crippen LogP contribution in [0.4, 0.5) is 17.3 Å². The number of aliphatic hydroxyl groups is 1. The lowest BCUT2D eigenvalue weighted by Crippen LogP contribution is -2.11. The summed E-state index contributed by atoms with van der Waals surface area (Å²) in [5.74, 6) is 0.433. The van der Waals surface area contributed by atoms with Gasteiger partial charge in [0.25, 0.3) is 0 Å². The lowest BCUT2D eigenvalue weighted by atomic mass is 10.3. The zero-order valence-corrected chi connectivity index (χ0v) is 10.9. The van der Waals surface area contributed by atoms with Gasteiger partial charge in [0.1, 0.15) is 6.33 Å². The Hall–Kier alpha value is -1.96. The number of rotatable bonds is 9. The van der Waals surface area contributed by atoms with E-state index in [0.717, 1.165) is 12.8 Å². The Balaban J connectivity index is 2.80.